The minimum absolute atomic E-state index is 0.0184. The van der Waals surface area contributed by atoms with Crippen molar-refractivity contribution >= 4 is 0 Å². The summed E-state index contributed by atoms with van der Waals surface area (Å²) in [4.78, 5) is 0. The second kappa shape index (κ2) is 8.25. The fourth-order valence-electron chi connectivity index (χ4n) is 1.99. The Morgan fingerprint density at radius 2 is 1.83 bits per heavy atom. The molecule has 3 nitrogen and oxygen atoms in total. The third kappa shape index (κ3) is 4.77. The van der Waals surface area contributed by atoms with Crippen molar-refractivity contribution in [2.24, 2.45) is 0 Å². The molecule has 2 unspecified atom stereocenters. The number of ether oxygens (including phenoxy) is 2. The topological polar surface area (TPSA) is 30.5 Å². The van der Waals surface area contributed by atoms with Crippen molar-refractivity contribution in [1.82, 2.24) is 5.32 Å². The molecule has 0 bridgehead atoms. The first kappa shape index (κ1) is 15.2. The second-order valence-corrected chi connectivity index (χ2v) is 4.61. The molecule has 1 N–H and O–H groups in total. The van der Waals surface area contributed by atoms with Crippen molar-refractivity contribution in [3.05, 3.63) is 35.9 Å². The van der Waals surface area contributed by atoms with Crippen LogP contribution >= 0.6 is 0 Å². The van der Waals surface area contributed by atoms with Crippen LogP contribution in [0.3, 0.4) is 0 Å². The van der Waals surface area contributed by atoms with Gasteiger partial charge in [0.25, 0.3) is 0 Å². The lowest BCUT2D eigenvalue weighted by molar-refractivity contribution is 0.00124. The van der Waals surface area contributed by atoms with Crippen LogP contribution in [0, 0.1) is 0 Å². The lowest BCUT2D eigenvalue weighted by Crippen LogP contribution is -2.40. The Kier molecular flexibility index (Phi) is 6.94. The molecule has 0 aliphatic heterocycles. The Bertz CT molecular complexity index is 314. The van der Waals surface area contributed by atoms with Crippen molar-refractivity contribution in [2.45, 2.75) is 39.0 Å². The summed E-state index contributed by atoms with van der Waals surface area (Å²) in [5.41, 5.74) is 1.18. The predicted molar refractivity (Wildman–Crippen MR) is 74.7 cm³/mol. The molecular weight excluding hydrogens is 226 g/mol. The molecule has 0 saturated carbocycles. The number of rotatable bonds is 8. The standard InChI is InChI=1S/C15H25NO2/c1-5-16-14(11-18-12(2)3)15(17-4)13-9-7-6-8-10-13/h6-10,12,14-16H,5,11H2,1-4H3. The smallest absolute Gasteiger partial charge is 0.0996 e. The summed E-state index contributed by atoms with van der Waals surface area (Å²) in [6.45, 7) is 7.75. The Morgan fingerprint density at radius 1 is 1.17 bits per heavy atom. The molecule has 0 fully saturated rings. The van der Waals surface area contributed by atoms with Crippen LogP contribution in [0.25, 0.3) is 0 Å². The van der Waals surface area contributed by atoms with E-state index >= 15 is 0 Å². The third-order valence-electron chi connectivity index (χ3n) is 2.82. The van der Waals surface area contributed by atoms with E-state index in [0.717, 1.165) is 6.54 Å². The summed E-state index contributed by atoms with van der Waals surface area (Å²) < 4.78 is 11.4. The van der Waals surface area contributed by atoms with E-state index < -0.39 is 0 Å². The van der Waals surface area contributed by atoms with Gasteiger partial charge in [0, 0.05) is 7.11 Å². The quantitative estimate of drug-likeness (QED) is 0.770. The maximum absolute atomic E-state index is 5.72. The fourth-order valence-corrected chi connectivity index (χ4v) is 1.99. The largest absolute Gasteiger partial charge is 0.377 e. The molecule has 0 aliphatic carbocycles. The third-order valence-corrected chi connectivity index (χ3v) is 2.82. The van der Waals surface area contributed by atoms with E-state index in [4.69, 9.17) is 9.47 Å². The van der Waals surface area contributed by atoms with Gasteiger partial charge in [0.15, 0.2) is 0 Å². The summed E-state index contributed by atoms with van der Waals surface area (Å²) in [6, 6.07) is 10.4. The zero-order chi connectivity index (χ0) is 13.4. The average Bonchev–Trinajstić information content (AvgIpc) is 2.38. The molecule has 18 heavy (non-hydrogen) atoms. The molecule has 0 saturated heterocycles. The average molecular weight is 251 g/mol. The van der Waals surface area contributed by atoms with Crippen LogP contribution in [-0.4, -0.2) is 32.4 Å². The number of nitrogens with one attached hydrogen (secondary N) is 1. The minimum atomic E-state index is 0.0184. The first-order chi connectivity index (χ1) is 8.69. The summed E-state index contributed by atoms with van der Waals surface area (Å²) in [6.07, 6.45) is 0.254. The first-order valence-electron chi connectivity index (χ1n) is 6.61. The van der Waals surface area contributed by atoms with Gasteiger partial charge in [0.2, 0.25) is 0 Å². The zero-order valence-corrected chi connectivity index (χ0v) is 11.8. The summed E-state index contributed by atoms with van der Waals surface area (Å²) >= 11 is 0. The maximum atomic E-state index is 5.72. The van der Waals surface area contributed by atoms with E-state index in [1.165, 1.54) is 5.56 Å². The zero-order valence-electron chi connectivity index (χ0n) is 11.8. The molecule has 0 amide bonds. The molecule has 0 aromatic heterocycles. The Balaban J connectivity index is 2.74. The van der Waals surface area contributed by atoms with Crippen LogP contribution in [0.4, 0.5) is 0 Å². The van der Waals surface area contributed by atoms with Crippen molar-refractivity contribution in [2.75, 3.05) is 20.3 Å². The van der Waals surface area contributed by atoms with Gasteiger partial charge in [-0.1, -0.05) is 37.3 Å². The van der Waals surface area contributed by atoms with Gasteiger partial charge in [-0.25, -0.2) is 0 Å². The molecule has 1 rings (SSSR count). The van der Waals surface area contributed by atoms with Gasteiger partial charge >= 0.3 is 0 Å². The number of hydrogen-bond donors (Lipinski definition) is 1. The van der Waals surface area contributed by atoms with Crippen LogP contribution in [0.2, 0.25) is 0 Å². The van der Waals surface area contributed by atoms with Crippen molar-refractivity contribution in [3.8, 4) is 0 Å². The molecule has 0 heterocycles. The van der Waals surface area contributed by atoms with E-state index in [9.17, 15) is 0 Å². The van der Waals surface area contributed by atoms with Crippen molar-refractivity contribution in [1.29, 1.82) is 0 Å². The fraction of sp³-hybridized carbons (Fsp3) is 0.600. The molecule has 0 aliphatic rings. The van der Waals surface area contributed by atoms with E-state index in [-0.39, 0.29) is 18.2 Å². The van der Waals surface area contributed by atoms with Gasteiger partial charge in [0.1, 0.15) is 0 Å². The SMILES string of the molecule is CCNC(COC(C)C)C(OC)c1ccccc1. The van der Waals surface area contributed by atoms with Crippen molar-refractivity contribution < 1.29 is 9.47 Å². The first-order valence-corrected chi connectivity index (χ1v) is 6.61. The van der Waals surface area contributed by atoms with E-state index in [1.54, 1.807) is 7.11 Å². The number of benzene rings is 1. The highest BCUT2D eigenvalue weighted by Crippen LogP contribution is 2.21. The lowest BCUT2D eigenvalue weighted by atomic mass is 10.0. The monoisotopic (exact) mass is 251 g/mol. The molecule has 1 aromatic rings. The van der Waals surface area contributed by atoms with Gasteiger partial charge in [-0.05, 0) is 26.0 Å². The molecule has 0 radical (unpaired) electrons. The van der Waals surface area contributed by atoms with E-state index in [1.807, 2.05) is 32.0 Å². The van der Waals surface area contributed by atoms with Crippen LogP contribution in [0.15, 0.2) is 30.3 Å². The van der Waals surface area contributed by atoms with E-state index in [2.05, 4.69) is 24.4 Å². The van der Waals surface area contributed by atoms with Gasteiger partial charge in [-0.15, -0.1) is 0 Å². The Morgan fingerprint density at radius 3 is 2.33 bits per heavy atom. The number of methoxy groups -OCH3 is 1. The van der Waals surface area contributed by atoms with Crippen LogP contribution in [0.1, 0.15) is 32.4 Å². The molecule has 3 heteroatoms. The number of likely N-dealkylation sites (N-methyl/N-ethyl adjacent to an activating group) is 1. The Labute approximate surface area is 110 Å². The van der Waals surface area contributed by atoms with Gasteiger partial charge < -0.3 is 14.8 Å². The maximum Gasteiger partial charge on any atom is 0.0996 e. The molecule has 0 spiro atoms. The molecule has 2 atom stereocenters. The van der Waals surface area contributed by atoms with Crippen molar-refractivity contribution in [3.63, 3.8) is 0 Å². The normalized spacial score (nSPS) is 14.7. The van der Waals surface area contributed by atoms with Crippen LogP contribution in [-0.2, 0) is 9.47 Å². The van der Waals surface area contributed by atoms with Gasteiger partial charge in [0.05, 0.1) is 24.9 Å². The molecular formula is C15H25NO2. The molecule has 102 valence electrons. The predicted octanol–water partition coefficient (Wildman–Crippen LogP) is 2.78. The van der Waals surface area contributed by atoms with E-state index in [0.29, 0.717) is 6.61 Å². The second-order valence-electron chi connectivity index (χ2n) is 4.61. The summed E-state index contributed by atoms with van der Waals surface area (Å²) in [5, 5.41) is 3.44. The lowest BCUT2D eigenvalue weighted by Gasteiger charge is -2.27. The summed E-state index contributed by atoms with van der Waals surface area (Å²) in [7, 11) is 1.75. The van der Waals surface area contributed by atoms with Crippen LogP contribution < -0.4 is 5.32 Å². The van der Waals surface area contributed by atoms with Gasteiger partial charge in [-0.2, -0.15) is 0 Å². The molecule has 1 aromatic carbocycles. The highest BCUT2D eigenvalue weighted by Gasteiger charge is 2.22. The summed E-state index contributed by atoms with van der Waals surface area (Å²) in [5.74, 6) is 0. The highest BCUT2D eigenvalue weighted by atomic mass is 16.5. The van der Waals surface area contributed by atoms with Gasteiger partial charge in [-0.3, -0.25) is 0 Å². The van der Waals surface area contributed by atoms with Crippen LogP contribution in [0.5, 0.6) is 0 Å². The minimum Gasteiger partial charge on any atom is -0.377 e. The Hall–Kier alpha value is -0.900. The highest BCUT2D eigenvalue weighted by molar-refractivity contribution is 5.19. The number of hydrogen-bond acceptors (Lipinski definition) is 3.